The van der Waals surface area contributed by atoms with Gasteiger partial charge in [-0.25, -0.2) is 4.39 Å². The Kier molecular flexibility index (Phi) is 7.15. The minimum Gasteiger partial charge on any atom is -0.321 e. The van der Waals surface area contributed by atoms with Gasteiger partial charge >= 0.3 is 0 Å². The van der Waals surface area contributed by atoms with E-state index in [9.17, 15) is 19.2 Å². The molecule has 3 aromatic carbocycles. The number of halogens is 2. The predicted molar refractivity (Wildman–Crippen MR) is 136 cm³/mol. The summed E-state index contributed by atoms with van der Waals surface area (Å²) in [5.41, 5.74) is 2.78. The molecule has 0 radical (unpaired) electrons. The Morgan fingerprint density at radius 2 is 1.85 bits per heavy atom. The standard InChI is InChI=1S/C26H19BrFN3O2S/c1-16-3-2-4-17(13-16)14-23-25(33)31(21-11-7-19(28)8-12-21)26(34-23)22(15-29)24(32)30-20-9-5-18(27)6-10-20/h2-13,23H,14H2,1H3,(H,30,32)/b26-22-/t23-/m0/s1. The van der Waals surface area contributed by atoms with Crippen LogP contribution in [-0.4, -0.2) is 17.1 Å². The zero-order chi connectivity index (χ0) is 24.2. The highest BCUT2D eigenvalue weighted by atomic mass is 79.9. The van der Waals surface area contributed by atoms with Crippen LogP contribution in [0.15, 0.2) is 87.9 Å². The maximum atomic E-state index is 13.6. The molecule has 0 aliphatic carbocycles. The van der Waals surface area contributed by atoms with Crippen molar-refractivity contribution < 1.29 is 14.0 Å². The Morgan fingerprint density at radius 3 is 2.50 bits per heavy atom. The summed E-state index contributed by atoms with van der Waals surface area (Å²) in [4.78, 5) is 27.8. The number of hydrogen-bond donors (Lipinski definition) is 1. The van der Waals surface area contributed by atoms with Crippen LogP contribution < -0.4 is 10.2 Å². The molecule has 5 nitrogen and oxygen atoms in total. The summed E-state index contributed by atoms with van der Waals surface area (Å²) >= 11 is 4.52. The van der Waals surface area contributed by atoms with E-state index in [0.717, 1.165) is 15.6 Å². The summed E-state index contributed by atoms with van der Waals surface area (Å²) < 4.78 is 14.4. The van der Waals surface area contributed by atoms with Crippen molar-refractivity contribution >= 4 is 50.9 Å². The van der Waals surface area contributed by atoms with Crippen LogP contribution >= 0.6 is 27.7 Å². The second-order valence-electron chi connectivity index (χ2n) is 7.70. The zero-order valence-electron chi connectivity index (χ0n) is 18.1. The highest BCUT2D eigenvalue weighted by Crippen LogP contribution is 2.42. The van der Waals surface area contributed by atoms with E-state index in [1.54, 1.807) is 24.3 Å². The van der Waals surface area contributed by atoms with Gasteiger partial charge in [0, 0.05) is 15.8 Å². The number of benzene rings is 3. The molecule has 1 aliphatic heterocycles. The fraction of sp³-hybridized carbons (Fsp3) is 0.115. The first-order chi connectivity index (χ1) is 16.4. The third kappa shape index (κ3) is 5.22. The van der Waals surface area contributed by atoms with Crippen LogP contribution in [0.25, 0.3) is 0 Å². The topological polar surface area (TPSA) is 73.2 Å². The van der Waals surface area contributed by atoms with Crippen molar-refractivity contribution in [2.24, 2.45) is 0 Å². The average molecular weight is 536 g/mol. The Bertz CT molecular complexity index is 1320. The molecule has 8 heteroatoms. The van der Waals surface area contributed by atoms with Crippen LogP contribution in [0.4, 0.5) is 15.8 Å². The molecule has 4 rings (SSSR count). The summed E-state index contributed by atoms with van der Waals surface area (Å²) in [6, 6.07) is 22.2. The van der Waals surface area contributed by atoms with Crippen molar-refractivity contribution in [3.8, 4) is 6.07 Å². The lowest BCUT2D eigenvalue weighted by Gasteiger charge is -2.18. The molecule has 1 saturated heterocycles. The highest BCUT2D eigenvalue weighted by Gasteiger charge is 2.40. The van der Waals surface area contributed by atoms with E-state index in [-0.39, 0.29) is 16.5 Å². The second-order valence-corrected chi connectivity index (χ2v) is 9.81. The van der Waals surface area contributed by atoms with Crippen LogP contribution in [0.3, 0.4) is 0 Å². The first-order valence-electron chi connectivity index (χ1n) is 10.4. The summed E-state index contributed by atoms with van der Waals surface area (Å²) in [6.07, 6.45) is 0.430. The quantitative estimate of drug-likeness (QED) is 0.323. The SMILES string of the molecule is Cc1cccc(C[C@@H]2S/C(=C(/C#N)C(=O)Nc3ccc(Br)cc3)N(c3ccc(F)cc3)C2=O)c1. The average Bonchev–Trinajstić information content (AvgIpc) is 3.12. The van der Waals surface area contributed by atoms with E-state index in [2.05, 4.69) is 21.2 Å². The number of amides is 2. The zero-order valence-corrected chi connectivity index (χ0v) is 20.5. The van der Waals surface area contributed by atoms with Crippen molar-refractivity contribution in [1.82, 2.24) is 0 Å². The van der Waals surface area contributed by atoms with Crippen molar-refractivity contribution in [3.05, 3.63) is 105 Å². The van der Waals surface area contributed by atoms with E-state index < -0.39 is 17.0 Å². The number of carbonyl (C=O) groups excluding carboxylic acids is 2. The van der Waals surface area contributed by atoms with Crippen molar-refractivity contribution in [1.29, 1.82) is 5.26 Å². The fourth-order valence-electron chi connectivity index (χ4n) is 3.59. The maximum absolute atomic E-state index is 13.6. The van der Waals surface area contributed by atoms with Gasteiger partial charge in [-0.1, -0.05) is 57.5 Å². The molecule has 1 atom stereocenters. The van der Waals surface area contributed by atoms with Crippen LogP contribution in [0.1, 0.15) is 11.1 Å². The molecule has 0 saturated carbocycles. The maximum Gasteiger partial charge on any atom is 0.269 e. The molecule has 1 N–H and O–H groups in total. The molecule has 0 aromatic heterocycles. The molecule has 34 heavy (non-hydrogen) atoms. The number of hydrogen-bond acceptors (Lipinski definition) is 4. The Hall–Kier alpha value is -3.41. The van der Waals surface area contributed by atoms with Gasteiger partial charge in [0.15, 0.2) is 0 Å². The minimum atomic E-state index is -0.622. The first kappa shape index (κ1) is 23.7. The van der Waals surface area contributed by atoms with Crippen molar-refractivity contribution in [3.63, 3.8) is 0 Å². The molecule has 0 bridgehead atoms. The number of nitrogens with one attached hydrogen (secondary N) is 1. The number of nitrogens with zero attached hydrogens (tertiary/aromatic N) is 2. The molecular formula is C26H19BrFN3O2S. The Morgan fingerprint density at radius 1 is 1.15 bits per heavy atom. The smallest absolute Gasteiger partial charge is 0.269 e. The van der Waals surface area contributed by atoms with Gasteiger partial charge in [0.05, 0.1) is 5.25 Å². The van der Waals surface area contributed by atoms with Gasteiger partial charge in [0.1, 0.15) is 22.5 Å². The molecule has 1 aliphatic rings. The second kappa shape index (κ2) is 10.2. The number of rotatable bonds is 5. The van der Waals surface area contributed by atoms with Crippen molar-refractivity contribution in [2.75, 3.05) is 10.2 Å². The lowest BCUT2D eigenvalue weighted by molar-refractivity contribution is -0.117. The Balaban J connectivity index is 1.72. The minimum absolute atomic E-state index is 0.183. The molecule has 170 valence electrons. The lowest BCUT2D eigenvalue weighted by Crippen LogP contribution is -2.31. The number of carbonyl (C=O) groups is 2. The van der Waals surface area contributed by atoms with E-state index in [1.165, 1.54) is 40.9 Å². The van der Waals surface area contributed by atoms with Gasteiger partial charge in [0.25, 0.3) is 5.91 Å². The molecule has 3 aromatic rings. The van der Waals surface area contributed by atoms with Gasteiger partial charge in [0.2, 0.25) is 5.91 Å². The van der Waals surface area contributed by atoms with E-state index in [0.29, 0.717) is 17.8 Å². The van der Waals surface area contributed by atoms with E-state index in [4.69, 9.17) is 0 Å². The third-order valence-electron chi connectivity index (χ3n) is 5.20. The summed E-state index contributed by atoms with van der Waals surface area (Å²) in [6.45, 7) is 1.98. The normalized spacial score (nSPS) is 16.8. The summed E-state index contributed by atoms with van der Waals surface area (Å²) in [7, 11) is 0. The number of nitriles is 1. The van der Waals surface area contributed by atoms with Crippen molar-refractivity contribution in [2.45, 2.75) is 18.6 Å². The van der Waals surface area contributed by atoms with Crippen LogP contribution in [0, 0.1) is 24.1 Å². The Labute approximate surface area is 209 Å². The van der Waals surface area contributed by atoms with Crippen LogP contribution in [0.5, 0.6) is 0 Å². The molecule has 1 fully saturated rings. The van der Waals surface area contributed by atoms with Gasteiger partial charge in [-0.05, 0) is 67.4 Å². The molecule has 2 amide bonds. The first-order valence-corrected chi connectivity index (χ1v) is 12.1. The summed E-state index contributed by atoms with van der Waals surface area (Å²) in [5, 5.41) is 12.3. The van der Waals surface area contributed by atoms with Gasteiger partial charge in [-0.15, -0.1) is 0 Å². The number of thioether (sulfide) groups is 1. The third-order valence-corrected chi connectivity index (χ3v) is 6.99. The molecular weight excluding hydrogens is 517 g/mol. The molecule has 0 spiro atoms. The fourth-order valence-corrected chi connectivity index (χ4v) is 5.16. The summed E-state index contributed by atoms with van der Waals surface area (Å²) in [5.74, 6) is -1.33. The van der Waals surface area contributed by atoms with E-state index in [1.807, 2.05) is 37.3 Å². The highest BCUT2D eigenvalue weighted by molar-refractivity contribution is 9.10. The van der Waals surface area contributed by atoms with Gasteiger partial charge in [-0.3, -0.25) is 14.5 Å². The monoisotopic (exact) mass is 535 g/mol. The van der Waals surface area contributed by atoms with Gasteiger partial charge in [-0.2, -0.15) is 5.26 Å². The largest absolute Gasteiger partial charge is 0.321 e. The van der Waals surface area contributed by atoms with Gasteiger partial charge < -0.3 is 5.32 Å². The lowest BCUT2D eigenvalue weighted by atomic mass is 10.1. The number of anilines is 2. The molecule has 0 unspecified atom stereocenters. The van der Waals surface area contributed by atoms with Crippen LogP contribution in [-0.2, 0) is 16.0 Å². The predicted octanol–water partition coefficient (Wildman–Crippen LogP) is 5.96. The van der Waals surface area contributed by atoms with Crippen LogP contribution in [0.2, 0.25) is 0 Å². The number of aryl methyl sites for hydroxylation is 1. The van der Waals surface area contributed by atoms with E-state index >= 15 is 0 Å². The molecule has 1 heterocycles.